The van der Waals surface area contributed by atoms with Gasteiger partial charge in [0, 0.05) is 6.04 Å². The van der Waals surface area contributed by atoms with Gasteiger partial charge in [0.05, 0.1) is 19.4 Å². The summed E-state index contributed by atoms with van der Waals surface area (Å²) >= 11 is 0. The van der Waals surface area contributed by atoms with Crippen LogP contribution in [0, 0.1) is 0 Å². The van der Waals surface area contributed by atoms with E-state index in [-0.39, 0.29) is 18.2 Å². The first-order chi connectivity index (χ1) is 9.08. The average Bonchev–Trinajstić information content (AvgIpc) is 2.98. The second-order valence-electron chi connectivity index (χ2n) is 4.87. The summed E-state index contributed by atoms with van der Waals surface area (Å²) in [6.45, 7) is 0.437. The van der Waals surface area contributed by atoms with Crippen molar-refractivity contribution in [3.63, 3.8) is 0 Å². The third-order valence-electron chi connectivity index (χ3n) is 3.52. The van der Waals surface area contributed by atoms with Crippen LogP contribution >= 0.6 is 0 Å². The molecule has 1 amide bonds. The predicted molar refractivity (Wildman–Crippen MR) is 67.5 cm³/mol. The summed E-state index contributed by atoms with van der Waals surface area (Å²) in [7, 11) is 0. The molecular formula is C13H18N2O4. The van der Waals surface area contributed by atoms with Gasteiger partial charge in [-0.05, 0) is 18.9 Å². The molecule has 6 heteroatoms. The van der Waals surface area contributed by atoms with E-state index in [0.717, 1.165) is 25.7 Å². The molecule has 1 aliphatic rings. The number of furan rings is 1. The normalized spacial score (nSPS) is 16.1. The lowest BCUT2D eigenvalue weighted by Crippen LogP contribution is -2.39. The van der Waals surface area contributed by atoms with Crippen LogP contribution in [-0.2, 0) is 11.3 Å². The van der Waals surface area contributed by atoms with E-state index < -0.39 is 11.9 Å². The Hall–Kier alpha value is -1.82. The van der Waals surface area contributed by atoms with Crippen LogP contribution in [0.1, 0.15) is 41.8 Å². The molecule has 0 atom stereocenters. The third-order valence-corrected chi connectivity index (χ3v) is 3.52. The summed E-state index contributed by atoms with van der Waals surface area (Å²) in [5.41, 5.74) is 5.41. The van der Waals surface area contributed by atoms with Crippen LogP contribution in [0.15, 0.2) is 16.7 Å². The topological polar surface area (TPSA) is 96.8 Å². The molecule has 0 spiro atoms. The highest BCUT2D eigenvalue weighted by atomic mass is 16.4. The fourth-order valence-corrected chi connectivity index (χ4v) is 2.62. The van der Waals surface area contributed by atoms with Gasteiger partial charge in [-0.3, -0.25) is 9.69 Å². The molecule has 104 valence electrons. The van der Waals surface area contributed by atoms with Crippen molar-refractivity contribution in [2.45, 2.75) is 38.3 Å². The van der Waals surface area contributed by atoms with Crippen LogP contribution in [0.4, 0.5) is 0 Å². The average molecular weight is 266 g/mol. The minimum Gasteiger partial charge on any atom is -0.478 e. The van der Waals surface area contributed by atoms with Crippen molar-refractivity contribution < 1.29 is 19.1 Å². The minimum absolute atomic E-state index is 0.129. The highest BCUT2D eigenvalue weighted by molar-refractivity contribution is 5.88. The van der Waals surface area contributed by atoms with Gasteiger partial charge in [-0.2, -0.15) is 0 Å². The molecule has 19 heavy (non-hydrogen) atoms. The zero-order valence-electron chi connectivity index (χ0n) is 10.7. The molecule has 0 unspecified atom stereocenters. The van der Waals surface area contributed by atoms with Gasteiger partial charge in [0.1, 0.15) is 11.3 Å². The summed E-state index contributed by atoms with van der Waals surface area (Å²) in [4.78, 5) is 24.1. The summed E-state index contributed by atoms with van der Waals surface area (Å²) in [5, 5.41) is 9.04. The number of hydrogen-bond donors (Lipinski definition) is 2. The maximum Gasteiger partial charge on any atom is 0.339 e. The lowest BCUT2D eigenvalue weighted by atomic mass is 10.1. The predicted octanol–water partition coefficient (Wildman–Crippen LogP) is 1.21. The number of carboxylic acids is 1. The van der Waals surface area contributed by atoms with Gasteiger partial charge < -0.3 is 15.3 Å². The highest BCUT2D eigenvalue weighted by Gasteiger charge is 2.26. The SMILES string of the molecule is NC(=O)CN(Cc1occc1C(=O)O)C1CCCC1. The van der Waals surface area contributed by atoms with Crippen molar-refractivity contribution in [2.24, 2.45) is 5.73 Å². The summed E-state index contributed by atoms with van der Waals surface area (Å²) in [5.74, 6) is -1.05. The number of rotatable bonds is 6. The molecule has 0 bridgehead atoms. The smallest absolute Gasteiger partial charge is 0.339 e. The molecule has 1 aromatic heterocycles. The van der Waals surface area contributed by atoms with Crippen molar-refractivity contribution >= 4 is 11.9 Å². The molecule has 0 radical (unpaired) electrons. The van der Waals surface area contributed by atoms with Gasteiger partial charge in [-0.1, -0.05) is 12.8 Å². The number of primary amides is 1. The number of nitrogens with zero attached hydrogens (tertiary/aromatic N) is 1. The van der Waals surface area contributed by atoms with E-state index in [9.17, 15) is 9.59 Å². The van der Waals surface area contributed by atoms with Crippen LogP contribution in [0.3, 0.4) is 0 Å². The molecule has 2 rings (SSSR count). The van der Waals surface area contributed by atoms with Crippen molar-refractivity contribution in [3.05, 3.63) is 23.7 Å². The molecule has 0 saturated heterocycles. The fraction of sp³-hybridized carbons (Fsp3) is 0.538. The largest absolute Gasteiger partial charge is 0.478 e. The molecule has 1 saturated carbocycles. The number of nitrogens with two attached hydrogens (primary N) is 1. The molecule has 1 aliphatic carbocycles. The van der Waals surface area contributed by atoms with Gasteiger partial charge in [-0.25, -0.2) is 4.79 Å². The molecule has 1 aromatic rings. The van der Waals surface area contributed by atoms with Crippen molar-refractivity contribution in [2.75, 3.05) is 6.54 Å². The molecule has 0 aliphatic heterocycles. The van der Waals surface area contributed by atoms with Crippen LogP contribution in [0.5, 0.6) is 0 Å². The number of carbonyl (C=O) groups excluding carboxylic acids is 1. The number of carboxylic acid groups (broad SMARTS) is 1. The Bertz CT molecular complexity index is 463. The van der Waals surface area contributed by atoms with Gasteiger partial charge in [0.2, 0.25) is 5.91 Å². The van der Waals surface area contributed by atoms with Crippen molar-refractivity contribution in [1.29, 1.82) is 0 Å². The van der Waals surface area contributed by atoms with Gasteiger partial charge in [0.15, 0.2) is 0 Å². The second-order valence-corrected chi connectivity index (χ2v) is 4.87. The standard InChI is InChI=1S/C13H18N2O4/c14-12(16)8-15(9-3-1-2-4-9)7-11-10(13(17)18)5-6-19-11/h5-6,9H,1-4,7-8H2,(H2,14,16)(H,17,18). The lowest BCUT2D eigenvalue weighted by Gasteiger charge is -2.26. The Kier molecular flexibility index (Phi) is 4.21. The fourth-order valence-electron chi connectivity index (χ4n) is 2.62. The maximum absolute atomic E-state index is 11.1. The van der Waals surface area contributed by atoms with E-state index >= 15 is 0 Å². The van der Waals surface area contributed by atoms with Crippen molar-refractivity contribution in [1.82, 2.24) is 4.90 Å². The molecule has 6 nitrogen and oxygen atoms in total. The van der Waals surface area contributed by atoms with Gasteiger partial charge in [-0.15, -0.1) is 0 Å². The first-order valence-corrected chi connectivity index (χ1v) is 6.40. The van der Waals surface area contributed by atoms with Gasteiger partial charge in [0.25, 0.3) is 0 Å². The number of aromatic carboxylic acids is 1. The molecular weight excluding hydrogens is 248 g/mol. The van der Waals surface area contributed by atoms with Gasteiger partial charge >= 0.3 is 5.97 Å². The Morgan fingerprint density at radius 2 is 2.11 bits per heavy atom. The van der Waals surface area contributed by atoms with E-state index in [1.807, 2.05) is 4.90 Å². The van der Waals surface area contributed by atoms with Crippen LogP contribution in [-0.4, -0.2) is 34.5 Å². The molecule has 1 fully saturated rings. The monoisotopic (exact) mass is 266 g/mol. The minimum atomic E-state index is -1.02. The second kappa shape index (κ2) is 5.88. The van der Waals surface area contributed by atoms with Crippen molar-refractivity contribution in [3.8, 4) is 0 Å². The first-order valence-electron chi connectivity index (χ1n) is 6.40. The Balaban J connectivity index is 2.12. The third kappa shape index (κ3) is 3.35. The zero-order valence-corrected chi connectivity index (χ0v) is 10.7. The number of amides is 1. The summed E-state index contributed by atoms with van der Waals surface area (Å²) < 4.78 is 5.22. The van der Waals surface area contributed by atoms with Crippen LogP contribution in [0.2, 0.25) is 0 Å². The number of hydrogen-bond acceptors (Lipinski definition) is 4. The van der Waals surface area contributed by atoms with E-state index in [1.54, 1.807) is 0 Å². The molecule has 0 aromatic carbocycles. The summed E-state index contributed by atoms with van der Waals surface area (Å²) in [6.07, 6.45) is 5.64. The highest BCUT2D eigenvalue weighted by Crippen LogP contribution is 2.25. The molecule has 3 N–H and O–H groups in total. The quantitative estimate of drug-likeness (QED) is 0.806. The van der Waals surface area contributed by atoms with Crippen LogP contribution in [0.25, 0.3) is 0 Å². The maximum atomic E-state index is 11.1. The summed E-state index contributed by atoms with van der Waals surface area (Å²) in [6, 6.07) is 1.70. The lowest BCUT2D eigenvalue weighted by molar-refractivity contribution is -0.119. The zero-order chi connectivity index (χ0) is 13.8. The first kappa shape index (κ1) is 13.6. The molecule has 1 heterocycles. The van der Waals surface area contributed by atoms with E-state index in [4.69, 9.17) is 15.3 Å². The number of carbonyl (C=O) groups is 2. The van der Waals surface area contributed by atoms with Crippen LogP contribution < -0.4 is 5.73 Å². The Morgan fingerprint density at radius 1 is 1.42 bits per heavy atom. The van der Waals surface area contributed by atoms with E-state index in [2.05, 4.69) is 0 Å². The Labute approximate surface area is 111 Å². The van der Waals surface area contributed by atoms with E-state index in [0.29, 0.717) is 12.3 Å². The Morgan fingerprint density at radius 3 is 2.68 bits per heavy atom. The van der Waals surface area contributed by atoms with E-state index in [1.165, 1.54) is 12.3 Å².